The number of halogens is 2. The number of likely N-dealkylation sites (tertiary alicyclic amines) is 1. The van der Waals surface area contributed by atoms with E-state index in [0.717, 1.165) is 81.7 Å². The molecular weight excluding hydrogens is 845 g/mol. The number of hydrogen-bond acceptors (Lipinski definition) is 12. The minimum absolute atomic E-state index is 0.0325. The van der Waals surface area contributed by atoms with Crippen LogP contribution in [0.15, 0.2) is 42.9 Å². The first kappa shape index (κ1) is 46.8. The monoisotopic (exact) mass is 901 g/mol. The molecular formula is C45H57F2N11O7. The van der Waals surface area contributed by atoms with Crippen molar-refractivity contribution in [1.29, 1.82) is 0 Å². The highest BCUT2D eigenvalue weighted by Gasteiger charge is 2.40. The lowest BCUT2D eigenvalue weighted by Crippen LogP contribution is -2.42. The number of carbonyl (C=O) groups is 4. The second-order valence-electron chi connectivity index (χ2n) is 17.1. The van der Waals surface area contributed by atoms with Gasteiger partial charge in [0.1, 0.15) is 24.0 Å². The number of fused-ring (bicyclic) bond motifs is 3. The highest BCUT2D eigenvalue weighted by atomic mass is 19.3. The maximum atomic E-state index is 13.7. The van der Waals surface area contributed by atoms with Gasteiger partial charge in [-0.2, -0.15) is 10.2 Å². The summed E-state index contributed by atoms with van der Waals surface area (Å²) in [6.45, 7) is 3.74. The summed E-state index contributed by atoms with van der Waals surface area (Å²) in [4.78, 5) is 60.0. The molecule has 1 saturated carbocycles. The van der Waals surface area contributed by atoms with E-state index in [1.165, 1.54) is 16.9 Å². The number of carboxylic acids is 1. The van der Waals surface area contributed by atoms with E-state index in [-0.39, 0.29) is 48.4 Å². The van der Waals surface area contributed by atoms with Crippen molar-refractivity contribution in [2.75, 3.05) is 74.0 Å². The fourth-order valence-corrected chi connectivity index (χ4v) is 8.96. The summed E-state index contributed by atoms with van der Waals surface area (Å²) in [5.74, 6) is 4.50. The molecule has 4 aliphatic rings. The number of rotatable bonds is 15. The van der Waals surface area contributed by atoms with Crippen molar-refractivity contribution >= 4 is 52.7 Å². The van der Waals surface area contributed by atoms with E-state index in [1.54, 1.807) is 42.0 Å². The van der Waals surface area contributed by atoms with Crippen LogP contribution in [0.1, 0.15) is 98.3 Å². The molecule has 8 rings (SSSR count). The van der Waals surface area contributed by atoms with Gasteiger partial charge in [-0.25, -0.2) is 23.1 Å². The van der Waals surface area contributed by atoms with Crippen LogP contribution in [0, 0.1) is 11.8 Å². The molecule has 4 aromatic rings. The number of para-hydroxylation sites is 1. The molecule has 4 N–H and O–H groups in total. The highest BCUT2D eigenvalue weighted by Crippen LogP contribution is 2.35. The minimum Gasteiger partial charge on any atom is -0.480 e. The molecule has 3 aliphatic heterocycles. The van der Waals surface area contributed by atoms with Crippen LogP contribution in [0.4, 0.5) is 31.7 Å². The summed E-state index contributed by atoms with van der Waals surface area (Å²) < 4.78 is 42.0. The number of nitrogens with one attached hydrogen (secondary N) is 1. The number of nitrogens with zero attached hydrogens (tertiary/aromatic N) is 9. The van der Waals surface area contributed by atoms with E-state index < -0.39 is 35.9 Å². The Morgan fingerprint density at radius 3 is 2.52 bits per heavy atom. The molecule has 1 aliphatic carbocycles. The molecule has 2 unspecified atom stereocenters. The zero-order valence-corrected chi connectivity index (χ0v) is 36.9. The lowest BCUT2D eigenvalue weighted by molar-refractivity contribution is -0.139. The van der Waals surface area contributed by atoms with Gasteiger partial charge in [-0.15, -0.1) is 0 Å². The fraction of sp³-hybridized carbons (Fsp3) is 0.533. The van der Waals surface area contributed by atoms with Gasteiger partial charge >= 0.3 is 5.97 Å². The predicted molar refractivity (Wildman–Crippen MR) is 238 cm³/mol. The summed E-state index contributed by atoms with van der Waals surface area (Å²) in [6.07, 6.45) is 10.6. The number of primary amides is 1. The van der Waals surface area contributed by atoms with Gasteiger partial charge in [0.25, 0.3) is 12.3 Å². The van der Waals surface area contributed by atoms with Crippen molar-refractivity contribution in [3.05, 3.63) is 59.7 Å². The van der Waals surface area contributed by atoms with Crippen molar-refractivity contribution in [3.63, 3.8) is 0 Å². The largest absolute Gasteiger partial charge is 0.480 e. The quantitative estimate of drug-likeness (QED) is 0.111. The number of piperidine rings is 1. The number of carboxylic acid groups (broad SMARTS) is 1. The maximum Gasteiger partial charge on any atom is 0.326 e. The van der Waals surface area contributed by atoms with Gasteiger partial charge in [0.2, 0.25) is 12.3 Å². The number of nitrogens with two attached hydrogens (primary N) is 1. The topological polar surface area (TPSA) is 206 Å². The molecule has 4 fully saturated rings. The molecule has 20 heteroatoms. The lowest BCUT2D eigenvalue weighted by atomic mass is 9.96. The summed E-state index contributed by atoms with van der Waals surface area (Å²) >= 11 is 0. The van der Waals surface area contributed by atoms with Crippen LogP contribution in [0.25, 0.3) is 5.65 Å². The van der Waals surface area contributed by atoms with E-state index in [9.17, 15) is 33.1 Å². The van der Waals surface area contributed by atoms with E-state index in [4.69, 9.17) is 15.2 Å². The Labute approximate surface area is 376 Å². The van der Waals surface area contributed by atoms with Crippen LogP contribution in [-0.2, 0) is 23.9 Å². The first-order chi connectivity index (χ1) is 31.3. The van der Waals surface area contributed by atoms with E-state index >= 15 is 0 Å². The van der Waals surface area contributed by atoms with Gasteiger partial charge in [0.05, 0.1) is 59.7 Å². The SMILES string of the molecule is CN1CCC(OCC#Cc2cccc(N(C=O)C(CCC(N)=O)C(=O)O)c2N(C)C)CC1.O=C(Nc1cn(C2CCCCC2)nc1C(F)F)c1cnn2ccc(N3CC4C[C@@H]3CO4)nc12. The molecule has 0 radical (unpaired) electrons. The number of benzene rings is 1. The summed E-state index contributed by atoms with van der Waals surface area (Å²) in [7, 11) is 5.68. The van der Waals surface area contributed by atoms with Crippen LogP contribution in [-0.4, -0.2) is 137 Å². The number of amides is 3. The molecule has 3 atom stereocenters. The van der Waals surface area contributed by atoms with Crippen LogP contribution in [0.3, 0.4) is 0 Å². The van der Waals surface area contributed by atoms with Crippen molar-refractivity contribution in [2.45, 2.75) is 101 Å². The molecule has 3 saturated heterocycles. The Balaban J connectivity index is 0.000000194. The van der Waals surface area contributed by atoms with Gasteiger partial charge in [0.15, 0.2) is 11.3 Å². The first-order valence-electron chi connectivity index (χ1n) is 22.1. The molecule has 348 valence electrons. The summed E-state index contributed by atoms with van der Waals surface area (Å²) in [5, 5.41) is 20.6. The van der Waals surface area contributed by atoms with Gasteiger partial charge in [-0.05, 0) is 63.8 Å². The zero-order valence-electron chi connectivity index (χ0n) is 36.9. The van der Waals surface area contributed by atoms with Crippen molar-refractivity contribution in [2.24, 2.45) is 5.73 Å². The Morgan fingerprint density at radius 1 is 1.11 bits per heavy atom. The molecule has 18 nitrogen and oxygen atoms in total. The number of anilines is 4. The third-order valence-electron chi connectivity index (χ3n) is 12.4. The second kappa shape index (κ2) is 21.2. The summed E-state index contributed by atoms with van der Waals surface area (Å²) in [6, 6.07) is 6.19. The lowest BCUT2D eigenvalue weighted by Gasteiger charge is -2.29. The van der Waals surface area contributed by atoms with E-state index in [2.05, 4.69) is 49.2 Å². The van der Waals surface area contributed by atoms with Crippen molar-refractivity contribution in [1.82, 2.24) is 29.3 Å². The average Bonchev–Trinajstić information content (AvgIpc) is 4.12. The first-order valence-corrected chi connectivity index (χ1v) is 22.1. The number of alkyl halides is 2. The maximum absolute atomic E-state index is 13.7. The molecule has 1 aromatic carbocycles. The predicted octanol–water partition coefficient (Wildman–Crippen LogP) is 4.49. The number of aromatic nitrogens is 5. The van der Waals surface area contributed by atoms with Crippen molar-refractivity contribution < 1.29 is 42.5 Å². The summed E-state index contributed by atoms with van der Waals surface area (Å²) in [5.41, 5.74) is 7.05. The van der Waals surface area contributed by atoms with E-state index in [1.807, 2.05) is 12.1 Å². The number of carbonyl (C=O) groups excluding carboxylic acids is 3. The van der Waals surface area contributed by atoms with Gasteiger partial charge in [0, 0.05) is 52.5 Å². The van der Waals surface area contributed by atoms with Gasteiger partial charge < -0.3 is 40.3 Å². The molecule has 65 heavy (non-hydrogen) atoms. The molecule has 0 spiro atoms. The standard InChI is InChI=1S/C23H32N4O5.C22H25F2N7O2/c1-25(2)22-17(7-5-15-32-18-11-13-26(3)14-12-18)6-4-8-19(22)27(16-28)20(23(30)31)9-10-21(24)29;23-20(24)19-17(11-31(28-19)13-4-2-1-3-5-13)26-22(32)16-9-25-30-7-6-18(27-21(16)30)29-10-15-8-14(29)12-33-15/h4,6,8,16,18,20H,9-15H2,1-3H3,(H2,24,29)(H,30,31);6-7,9,11,13-15,20H,1-5,8,10,12H2,(H,26,32)/t;14-,15?/m.1/s1. The van der Waals surface area contributed by atoms with Crippen molar-refractivity contribution in [3.8, 4) is 11.8 Å². The minimum atomic E-state index is -2.79. The highest BCUT2D eigenvalue weighted by molar-refractivity contribution is 6.08. The van der Waals surface area contributed by atoms with Gasteiger partial charge in [-0.3, -0.25) is 24.0 Å². The third-order valence-corrected chi connectivity index (χ3v) is 12.4. The molecule has 3 amide bonds. The third kappa shape index (κ3) is 11.2. The van der Waals surface area contributed by atoms with Crippen LogP contribution in [0.2, 0.25) is 0 Å². The van der Waals surface area contributed by atoms with Crippen LogP contribution >= 0.6 is 0 Å². The number of morpholine rings is 1. The Morgan fingerprint density at radius 2 is 1.88 bits per heavy atom. The smallest absolute Gasteiger partial charge is 0.326 e. The zero-order chi connectivity index (χ0) is 46.2. The number of ether oxygens (including phenoxy) is 2. The second-order valence-corrected chi connectivity index (χ2v) is 17.1. The number of aliphatic carboxylic acids is 1. The average molecular weight is 902 g/mol. The Bertz CT molecular complexity index is 2380. The molecule has 6 heterocycles. The Hall–Kier alpha value is -6.17. The normalized spacial score (nSPS) is 19.3. The van der Waals surface area contributed by atoms with Gasteiger partial charge in [-0.1, -0.05) is 37.2 Å². The number of hydrogen-bond donors (Lipinski definition) is 3. The fourth-order valence-electron chi connectivity index (χ4n) is 8.96. The van der Waals surface area contributed by atoms with Crippen LogP contribution < -0.4 is 25.8 Å². The van der Waals surface area contributed by atoms with Crippen LogP contribution in [0.5, 0.6) is 0 Å². The van der Waals surface area contributed by atoms with E-state index in [0.29, 0.717) is 42.2 Å². The molecule has 2 bridgehead atoms. The molecule has 3 aromatic heterocycles. The Kier molecular flexibility index (Phi) is 15.3.